The first kappa shape index (κ1) is 33.9. The minimum atomic E-state index is -1.14. The van der Waals surface area contributed by atoms with Gasteiger partial charge >= 0.3 is 0 Å². The Bertz CT molecular complexity index is 1340. The molecule has 3 N–H and O–H groups in total. The van der Waals surface area contributed by atoms with Crippen LogP contribution in [-0.2, 0) is 17.6 Å². The van der Waals surface area contributed by atoms with Crippen LogP contribution in [0.4, 0.5) is 8.78 Å². The lowest BCUT2D eigenvalue weighted by Gasteiger charge is -2.25. The fourth-order valence-electron chi connectivity index (χ4n) is 4.93. The standard InChI is InChI=1S/C33H41F2N3O4S/c1-4-12-38(13-5-2)33(42)25-16-22(3)15-24(20-25)32(41)37-29(19-23-17-26(34)21-27(35)18-23)30(39)10-11-36-31(40)9-8-28-7-6-14-43-28/h6-7,14-18,20-21,29-30,39H,4-5,8-13,19H2,1-3H3,(H,36,40)(H,37,41)/t29-,30+/m0/s1. The summed E-state index contributed by atoms with van der Waals surface area (Å²) in [4.78, 5) is 41.8. The molecule has 0 saturated heterocycles. The van der Waals surface area contributed by atoms with E-state index in [1.54, 1.807) is 35.3 Å². The summed E-state index contributed by atoms with van der Waals surface area (Å²) in [6.45, 7) is 7.15. The maximum Gasteiger partial charge on any atom is 0.253 e. The molecule has 43 heavy (non-hydrogen) atoms. The van der Waals surface area contributed by atoms with Crippen LogP contribution in [0.1, 0.15) is 76.3 Å². The molecule has 0 saturated carbocycles. The van der Waals surface area contributed by atoms with Gasteiger partial charge in [-0.05, 0) is 91.9 Å². The normalized spacial score (nSPS) is 12.4. The third-order valence-electron chi connectivity index (χ3n) is 6.96. The Morgan fingerprint density at radius 3 is 2.28 bits per heavy atom. The summed E-state index contributed by atoms with van der Waals surface area (Å²) in [5.74, 6) is -2.39. The highest BCUT2D eigenvalue weighted by Gasteiger charge is 2.24. The molecule has 3 amide bonds. The van der Waals surface area contributed by atoms with Gasteiger partial charge in [0.2, 0.25) is 5.91 Å². The first-order chi connectivity index (χ1) is 20.6. The highest BCUT2D eigenvalue weighted by molar-refractivity contribution is 7.09. The van der Waals surface area contributed by atoms with Crippen LogP contribution < -0.4 is 10.6 Å². The second kappa shape index (κ2) is 16.9. The van der Waals surface area contributed by atoms with Crippen molar-refractivity contribution in [2.45, 2.75) is 71.4 Å². The maximum absolute atomic E-state index is 13.9. The quantitative estimate of drug-likeness (QED) is 0.201. The average molecular weight is 614 g/mol. The van der Waals surface area contributed by atoms with Crippen molar-refractivity contribution < 1.29 is 28.3 Å². The van der Waals surface area contributed by atoms with Gasteiger partial charge in [-0.3, -0.25) is 14.4 Å². The smallest absolute Gasteiger partial charge is 0.253 e. The van der Waals surface area contributed by atoms with E-state index in [0.29, 0.717) is 31.5 Å². The molecule has 0 spiro atoms. The molecule has 1 aromatic heterocycles. The predicted molar refractivity (Wildman–Crippen MR) is 165 cm³/mol. The molecule has 0 aliphatic rings. The first-order valence-electron chi connectivity index (χ1n) is 14.7. The lowest BCUT2D eigenvalue weighted by Crippen LogP contribution is -2.46. The molecule has 10 heteroatoms. The van der Waals surface area contributed by atoms with E-state index in [2.05, 4.69) is 10.6 Å². The monoisotopic (exact) mass is 613 g/mol. The maximum atomic E-state index is 13.9. The minimum Gasteiger partial charge on any atom is -0.391 e. The van der Waals surface area contributed by atoms with Crippen LogP contribution in [0.2, 0.25) is 0 Å². The number of rotatable bonds is 16. The van der Waals surface area contributed by atoms with Gasteiger partial charge in [0.05, 0.1) is 12.1 Å². The number of hydrogen-bond donors (Lipinski definition) is 3. The molecule has 2 aromatic carbocycles. The Balaban J connectivity index is 1.73. The average Bonchev–Trinajstić information content (AvgIpc) is 3.48. The Labute approximate surface area is 256 Å². The Kier molecular flexibility index (Phi) is 13.3. The summed E-state index contributed by atoms with van der Waals surface area (Å²) in [5.41, 5.74) is 1.61. The molecule has 0 unspecified atom stereocenters. The summed E-state index contributed by atoms with van der Waals surface area (Å²) < 4.78 is 27.9. The molecule has 7 nitrogen and oxygen atoms in total. The molecule has 1 heterocycles. The number of aliphatic hydroxyl groups is 1. The van der Waals surface area contributed by atoms with Crippen molar-refractivity contribution in [3.05, 3.63) is 92.7 Å². The zero-order valence-corrected chi connectivity index (χ0v) is 25.8. The summed E-state index contributed by atoms with van der Waals surface area (Å²) >= 11 is 1.58. The van der Waals surface area contributed by atoms with E-state index >= 15 is 0 Å². The summed E-state index contributed by atoms with van der Waals surface area (Å²) in [5, 5.41) is 18.6. The van der Waals surface area contributed by atoms with Crippen LogP contribution in [0, 0.1) is 18.6 Å². The largest absolute Gasteiger partial charge is 0.391 e. The lowest BCUT2D eigenvalue weighted by atomic mass is 9.97. The number of carbonyl (C=O) groups is 3. The summed E-state index contributed by atoms with van der Waals surface area (Å²) in [7, 11) is 0. The molecule has 3 rings (SSSR count). The number of thiophene rings is 1. The van der Waals surface area contributed by atoms with E-state index < -0.39 is 29.7 Å². The molecule has 0 aliphatic heterocycles. The van der Waals surface area contributed by atoms with Crippen LogP contribution in [0.5, 0.6) is 0 Å². The molecule has 2 atom stereocenters. The molecule has 0 bridgehead atoms. The zero-order chi connectivity index (χ0) is 31.4. The van der Waals surface area contributed by atoms with E-state index in [0.717, 1.165) is 41.5 Å². The van der Waals surface area contributed by atoms with E-state index in [4.69, 9.17) is 0 Å². The van der Waals surface area contributed by atoms with E-state index in [9.17, 15) is 28.3 Å². The van der Waals surface area contributed by atoms with E-state index in [1.165, 1.54) is 6.07 Å². The third-order valence-corrected chi connectivity index (χ3v) is 7.90. The van der Waals surface area contributed by atoms with Gasteiger partial charge in [0, 0.05) is 48.1 Å². The van der Waals surface area contributed by atoms with E-state index in [-0.39, 0.29) is 42.3 Å². The van der Waals surface area contributed by atoms with Gasteiger partial charge in [-0.2, -0.15) is 0 Å². The Hall–Kier alpha value is -3.63. The number of carbonyl (C=O) groups excluding carboxylic acids is 3. The zero-order valence-electron chi connectivity index (χ0n) is 25.0. The van der Waals surface area contributed by atoms with Crippen LogP contribution in [0.3, 0.4) is 0 Å². The Morgan fingerprint density at radius 1 is 0.977 bits per heavy atom. The van der Waals surface area contributed by atoms with Crippen LogP contribution in [0.15, 0.2) is 53.9 Å². The van der Waals surface area contributed by atoms with Crippen molar-refractivity contribution in [1.82, 2.24) is 15.5 Å². The number of aryl methyl sites for hydroxylation is 2. The topological polar surface area (TPSA) is 98.7 Å². The lowest BCUT2D eigenvalue weighted by molar-refractivity contribution is -0.121. The molecule has 3 aromatic rings. The van der Waals surface area contributed by atoms with E-state index in [1.807, 2.05) is 31.4 Å². The van der Waals surface area contributed by atoms with Gasteiger partial charge in [0.1, 0.15) is 11.6 Å². The Morgan fingerprint density at radius 2 is 1.65 bits per heavy atom. The van der Waals surface area contributed by atoms with Crippen LogP contribution in [0.25, 0.3) is 0 Å². The van der Waals surface area contributed by atoms with Crippen molar-refractivity contribution >= 4 is 29.1 Å². The second-order valence-electron chi connectivity index (χ2n) is 10.7. The molecular formula is C33H41F2N3O4S. The molecule has 0 fully saturated rings. The van der Waals surface area contributed by atoms with Crippen molar-refractivity contribution in [3.8, 4) is 0 Å². The number of nitrogens with one attached hydrogen (secondary N) is 2. The van der Waals surface area contributed by atoms with Gasteiger partial charge in [-0.1, -0.05) is 19.9 Å². The number of aliphatic hydroxyl groups excluding tert-OH is 1. The van der Waals surface area contributed by atoms with Crippen molar-refractivity contribution in [2.24, 2.45) is 0 Å². The van der Waals surface area contributed by atoms with Crippen LogP contribution >= 0.6 is 11.3 Å². The summed E-state index contributed by atoms with van der Waals surface area (Å²) in [6.07, 6.45) is 1.46. The highest BCUT2D eigenvalue weighted by atomic mass is 32.1. The number of benzene rings is 2. The van der Waals surface area contributed by atoms with Gasteiger partial charge in [0.25, 0.3) is 11.8 Å². The SMILES string of the molecule is CCCN(CCC)C(=O)c1cc(C)cc(C(=O)N[C@@H](Cc2cc(F)cc(F)c2)[C@H](O)CCNC(=O)CCc2cccs2)c1. The van der Waals surface area contributed by atoms with Gasteiger partial charge in [-0.15, -0.1) is 11.3 Å². The highest BCUT2D eigenvalue weighted by Crippen LogP contribution is 2.17. The first-order valence-corrected chi connectivity index (χ1v) is 15.6. The van der Waals surface area contributed by atoms with Crippen molar-refractivity contribution in [3.63, 3.8) is 0 Å². The second-order valence-corrected chi connectivity index (χ2v) is 11.8. The van der Waals surface area contributed by atoms with Crippen molar-refractivity contribution in [1.29, 1.82) is 0 Å². The molecule has 0 radical (unpaired) electrons. The molecular weight excluding hydrogens is 572 g/mol. The number of nitrogens with zero attached hydrogens (tertiary/aromatic N) is 1. The number of halogens is 2. The molecule has 232 valence electrons. The number of hydrogen-bond acceptors (Lipinski definition) is 5. The van der Waals surface area contributed by atoms with Gasteiger partial charge in [-0.25, -0.2) is 8.78 Å². The van der Waals surface area contributed by atoms with Gasteiger partial charge < -0.3 is 20.6 Å². The fourth-order valence-corrected chi connectivity index (χ4v) is 5.64. The number of amides is 3. The van der Waals surface area contributed by atoms with Crippen LogP contribution in [-0.4, -0.2) is 59.5 Å². The predicted octanol–water partition coefficient (Wildman–Crippen LogP) is 5.44. The fraction of sp³-hybridized carbons (Fsp3) is 0.424. The minimum absolute atomic E-state index is 0.0493. The molecule has 0 aliphatic carbocycles. The van der Waals surface area contributed by atoms with Gasteiger partial charge in [0.15, 0.2) is 0 Å². The third kappa shape index (κ3) is 10.9. The van der Waals surface area contributed by atoms with Crippen molar-refractivity contribution in [2.75, 3.05) is 19.6 Å². The summed E-state index contributed by atoms with van der Waals surface area (Å²) in [6, 6.07) is 10.9.